The van der Waals surface area contributed by atoms with Gasteiger partial charge in [0, 0.05) is 0 Å². The van der Waals surface area contributed by atoms with Crippen molar-refractivity contribution in [2.75, 3.05) is 5.32 Å². The first-order valence-electron chi connectivity index (χ1n) is 9.31. The first-order chi connectivity index (χ1) is 14.5. The van der Waals surface area contributed by atoms with E-state index < -0.39 is 21.6 Å². The van der Waals surface area contributed by atoms with E-state index >= 15 is 0 Å². The summed E-state index contributed by atoms with van der Waals surface area (Å²) in [4.78, 5) is 21.6. The molecule has 0 spiro atoms. The van der Waals surface area contributed by atoms with E-state index in [1.807, 2.05) is 43.5 Å². The molecule has 0 radical (unpaired) electrons. The standard InChI is InChI=1S/C23H19AsFN3OS/c1-14-5-8-20(19(25)10-14)27-22(29)16-7-6-15(2)18(11-16)24-23-28-21(13-30-23)17-4-3-9-26-12-17/h3-13,24H,1-2H3,(H,27,29). The predicted molar refractivity (Wildman–Crippen MR) is 122 cm³/mol. The van der Waals surface area contributed by atoms with Gasteiger partial charge in [0.1, 0.15) is 0 Å². The molecule has 0 saturated heterocycles. The summed E-state index contributed by atoms with van der Waals surface area (Å²) >= 11 is 0.931. The maximum absolute atomic E-state index is 14.1. The molecule has 2 aromatic heterocycles. The Morgan fingerprint density at radius 3 is 2.77 bits per heavy atom. The number of benzene rings is 2. The van der Waals surface area contributed by atoms with Crippen LogP contribution < -0.4 is 13.5 Å². The Kier molecular flexibility index (Phi) is 6.07. The summed E-state index contributed by atoms with van der Waals surface area (Å²) in [6.45, 7) is 3.85. The number of aryl methyl sites for hydroxylation is 2. The van der Waals surface area contributed by atoms with Crippen LogP contribution in [-0.4, -0.2) is 31.6 Å². The maximum atomic E-state index is 14.1. The van der Waals surface area contributed by atoms with Crippen molar-refractivity contribution in [3.63, 3.8) is 0 Å². The number of nitrogens with zero attached hydrogens (tertiary/aromatic N) is 2. The molecule has 150 valence electrons. The van der Waals surface area contributed by atoms with Crippen LogP contribution in [0.1, 0.15) is 21.5 Å². The van der Waals surface area contributed by atoms with E-state index in [4.69, 9.17) is 4.98 Å². The summed E-state index contributed by atoms with van der Waals surface area (Å²) in [6.07, 6.45) is 3.55. The van der Waals surface area contributed by atoms with E-state index in [1.54, 1.807) is 41.9 Å². The molecule has 2 aromatic carbocycles. The minimum atomic E-state index is -0.704. The second kappa shape index (κ2) is 8.90. The number of nitrogens with one attached hydrogen (secondary N) is 1. The zero-order valence-corrected chi connectivity index (χ0v) is 19.4. The van der Waals surface area contributed by atoms with E-state index in [-0.39, 0.29) is 11.6 Å². The van der Waals surface area contributed by atoms with Gasteiger partial charge in [-0.25, -0.2) is 0 Å². The van der Waals surface area contributed by atoms with Crippen molar-refractivity contribution in [1.29, 1.82) is 0 Å². The van der Waals surface area contributed by atoms with Crippen molar-refractivity contribution in [1.82, 2.24) is 9.97 Å². The Morgan fingerprint density at radius 1 is 1.13 bits per heavy atom. The number of rotatable bonds is 5. The Balaban J connectivity index is 1.53. The second-order valence-electron chi connectivity index (χ2n) is 6.87. The predicted octanol–water partition coefficient (Wildman–Crippen LogP) is 3.60. The van der Waals surface area contributed by atoms with Crippen molar-refractivity contribution in [2.45, 2.75) is 13.8 Å². The third-order valence-electron chi connectivity index (χ3n) is 4.58. The van der Waals surface area contributed by atoms with Gasteiger partial charge in [0.25, 0.3) is 0 Å². The molecule has 1 amide bonds. The molecule has 0 aliphatic heterocycles. The third-order valence-corrected chi connectivity index (χ3v) is 8.88. The summed E-state index contributed by atoms with van der Waals surface area (Å²) < 4.78 is 16.3. The number of carbonyl (C=O) groups is 1. The number of anilines is 1. The Hall–Kier alpha value is -2.82. The molecule has 0 bridgehead atoms. The third kappa shape index (κ3) is 4.66. The van der Waals surface area contributed by atoms with Gasteiger partial charge in [0.15, 0.2) is 0 Å². The normalized spacial score (nSPS) is 11.2. The Bertz CT molecular complexity index is 1210. The molecule has 2 heterocycles. The Morgan fingerprint density at radius 2 is 2.00 bits per heavy atom. The number of carbonyl (C=O) groups excluding carboxylic acids is 1. The molecule has 0 saturated carbocycles. The summed E-state index contributed by atoms with van der Waals surface area (Å²) in [7, 11) is 0. The van der Waals surface area contributed by atoms with Gasteiger partial charge in [0.2, 0.25) is 0 Å². The number of pyridine rings is 1. The summed E-state index contributed by atoms with van der Waals surface area (Å²) in [6, 6.07) is 14.3. The van der Waals surface area contributed by atoms with Gasteiger partial charge in [0.05, 0.1) is 0 Å². The molecule has 0 aliphatic carbocycles. The van der Waals surface area contributed by atoms with Gasteiger partial charge >= 0.3 is 185 Å². The van der Waals surface area contributed by atoms with Crippen LogP contribution in [0.4, 0.5) is 10.1 Å². The van der Waals surface area contributed by atoms with E-state index in [2.05, 4.69) is 10.3 Å². The molecule has 30 heavy (non-hydrogen) atoms. The van der Waals surface area contributed by atoms with E-state index in [9.17, 15) is 9.18 Å². The van der Waals surface area contributed by atoms with Crippen LogP contribution in [0.3, 0.4) is 0 Å². The van der Waals surface area contributed by atoms with Gasteiger partial charge in [-0.2, -0.15) is 0 Å². The summed E-state index contributed by atoms with van der Waals surface area (Å²) in [5, 5.41) is 4.71. The molecular formula is C23H19AsFN3OS. The minimum absolute atomic E-state index is 0.185. The molecule has 0 aliphatic rings. The van der Waals surface area contributed by atoms with Gasteiger partial charge in [-0.3, -0.25) is 0 Å². The van der Waals surface area contributed by atoms with Crippen molar-refractivity contribution in [3.05, 3.63) is 88.8 Å². The molecule has 0 fully saturated rings. The van der Waals surface area contributed by atoms with Crippen LogP contribution in [0, 0.1) is 19.7 Å². The van der Waals surface area contributed by atoms with Gasteiger partial charge in [-0.05, 0) is 0 Å². The van der Waals surface area contributed by atoms with E-state index in [0.717, 1.165) is 30.5 Å². The zero-order chi connectivity index (χ0) is 21.1. The number of aromatic nitrogens is 2. The van der Waals surface area contributed by atoms with E-state index in [0.29, 0.717) is 5.56 Å². The Labute approximate surface area is 184 Å². The van der Waals surface area contributed by atoms with Crippen molar-refractivity contribution < 1.29 is 9.18 Å². The molecule has 4 rings (SSSR count). The fraction of sp³-hybridized carbons (Fsp3) is 0.0870. The number of halogens is 1. The van der Waals surface area contributed by atoms with Crippen LogP contribution in [0.25, 0.3) is 11.3 Å². The number of thiazole rings is 1. The van der Waals surface area contributed by atoms with Crippen molar-refractivity contribution in [3.8, 4) is 11.3 Å². The first-order valence-corrected chi connectivity index (χ1v) is 12.3. The molecule has 7 heteroatoms. The fourth-order valence-corrected chi connectivity index (χ4v) is 6.76. The quantitative estimate of drug-likeness (QED) is 0.445. The number of hydrogen-bond donors (Lipinski definition) is 1. The molecule has 4 nitrogen and oxygen atoms in total. The van der Waals surface area contributed by atoms with Crippen LogP contribution in [0.2, 0.25) is 0 Å². The van der Waals surface area contributed by atoms with Crippen molar-refractivity contribution in [2.24, 2.45) is 0 Å². The monoisotopic (exact) mass is 479 g/mol. The molecule has 1 atom stereocenters. The second-order valence-corrected chi connectivity index (χ2v) is 11.1. The van der Waals surface area contributed by atoms with Crippen LogP contribution in [0.5, 0.6) is 0 Å². The van der Waals surface area contributed by atoms with E-state index in [1.165, 1.54) is 6.07 Å². The molecular weight excluding hydrogens is 460 g/mol. The van der Waals surface area contributed by atoms with Crippen LogP contribution in [0.15, 0.2) is 66.3 Å². The SMILES string of the molecule is Cc1ccc(NC(=O)c2ccc(C)c([AsH]c3nc(-c4cccnc4)cs3)c2)c(F)c1. The zero-order valence-electron chi connectivity index (χ0n) is 16.4. The topological polar surface area (TPSA) is 54.9 Å². The number of amides is 1. The summed E-state index contributed by atoms with van der Waals surface area (Å²) in [5.74, 6) is -0.754. The summed E-state index contributed by atoms with van der Waals surface area (Å²) in [5.41, 5.74) is 4.56. The fourth-order valence-electron chi connectivity index (χ4n) is 2.91. The van der Waals surface area contributed by atoms with Crippen LogP contribution in [-0.2, 0) is 0 Å². The molecule has 1 unspecified atom stereocenters. The average molecular weight is 479 g/mol. The van der Waals surface area contributed by atoms with Gasteiger partial charge in [-0.15, -0.1) is 0 Å². The van der Waals surface area contributed by atoms with Gasteiger partial charge < -0.3 is 0 Å². The molecule has 1 N–H and O–H groups in total. The average Bonchev–Trinajstić information content (AvgIpc) is 3.21. The number of hydrogen-bond acceptors (Lipinski definition) is 4. The molecule has 4 aromatic rings. The van der Waals surface area contributed by atoms with Gasteiger partial charge in [-0.1, -0.05) is 0 Å². The first kappa shape index (κ1) is 20.5. The van der Waals surface area contributed by atoms with Crippen molar-refractivity contribution >= 4 is 46.8 Å². The van der Waals surface area contributed by atoms with Crippen LogP contribution >= 0.6 is 11.3 Å².